The van der Waals surface area contributed by atoms with Crippen LogP contribution in [0.5, 0.6) is 11.5 Å². The number of sulfonamides is 1. The van der Waals surface area contributed by atoms with Crippen LogP contribution in [0.4, 0.5) is 29.3 Å². The van der Waals surface area contributed by atoms with Crippen LogP contribution in [0.2, 0.25) is 0 Å². The van der Waals surface area contributed by atoms with Crippen molar-refractivity contribution in [2.45, 2.75) is 69.4 Å². The van der Waals surface area contributed by atoms with Gasteiger partial charge in [0, 0.05) is 44.0 Å². The number of anilines is 2. The number of amides is 3. The molecule has 1 aliphatic rings. The highest BCUT2D eigenvalue weighted by Gasteiger charge is 2.33. The zero-order valence-corrected chi connectivity index (χ0v) is 31.2. The summed E-state index contributed by atoms with van der Waals surface area (Å²) in [6.45, 7) is 5.41. The van der Waals surface area contributed by atoms with Crippen molar-refractivity contribution in [3.63, 3.8) is 0 Å². The van der Waals surface area contributed by atoms with E-state index in [1.165, 1.54) is 41.6 Å². The maximum absolute atomic E-state index is 14.4. The quantitative estimate of drug-likeness (QED) is 0.225. The summed E-state index contributed by atoms with van der Waals surface area (Å²) in [6, 6.07) is 13.1. The van der Waals surface area contributed by atoms with Gasteiger partial charge in [0.2, 0.25) is 10.0 Å². The van der Waals surface area contributed by atoms with E-state index in [9.17, 15) is 36.3 Å². The van der Waals surface area contributed by atoms with E-state index in [0.29, 0.717) is 25.2 Å². The number of ether oxygens (including phenoxy) is 3. The van der Waals surface area contributed by atoms with Gasteiger partial charge in [-0.15, -0.1) is 0 Å². The average molecular weight is 765 g/mol. The van der Waals surface area contributed by atoms with Crippen LogP contribution < -0.4 is 20.1 Å². The third kappa shape index (κ3) is 11.1. The number of carbonyl (C=O) groups is 2. The first-order valence-corrected chi connectivity index (χ1v) is 18.7. The molecule has 12 nitrogen and oxygen atoms in total. The number of aliphatic hydroxyl groups excluding tert-OH is 1. The number of alkyl halides is 3. The van der Waals surface area contributed by atoms with Crippen LogP contribution in [0.1, 0.15) is 56.0 Å². The van der Waals surface area contributed by atoms with Crippen molar-refractivity contribution >= 4 is 33.3 Å². The van der Waals surface area contributed by atoms with E-state index in [1.807, 2.05) is 13.8 Å². The molecule has 3 aromatic rings. The van der Waals surface area contributed by atoms with E-state index >= 15 is 0 Å². The monoisotopic (exact) mass is 764 g/mol. The summed E-state index contributed by atoms with van der Waals surface area (Å²) in [7, 11) is -0.947. The highest BCUT2D eigenvalue weighted by molar-refractivity contribution is 7.89. The topological polar surface area (TPSA) is 147 Å². The second-order valence-corrected chi connectivity index (χ2v) is 15.2. The highest BCUT2D eigenvalue weighted by Crippen LogP contribution is 2.31. The fraction of sp³-hybridized carbons (Fsp3) is 0.459. The van der Waals surface area contributed by atoms with Crippen LogP contribution in [0.25, 0.3) is 0 Å². The molecule has 1 heterocycles. The van der Waals surface area contributed by atoms with Crippen LogP contribution in [0.3, 0.4) is 0 Å². The Bertz CT molecular complexity index is 1790. The molecular weight excluding hydrogens is 717 g/mol. The van der Waals surface area contributed by atoms with Crippen molar-refractivity contribution in [3.05, 3.63) is 77.9 Å². The SMILES string of the molecule is COc1ccc(S(=O)(=O)N(C)C[C@@H]2OCCCC[C@@H](C)Oc3ccc(NC(=O)Nc4ccc(C(F)(F)F)cc4)cc3C(=O)N([C@@H](C)CO)C[C@H]2C)cc1. The van der Waals surface area contributed by atoms with Crippen molar-refractivity contribution in [2.24, 2.45) is 5.92 Å². The Labute approximate surface area is 308 Å². The third-order valence-corrected chi connectivity index (χ3v) is 10.8. The van der Waals surface area contributed by atoms with E-state index in [1.54, 1.807) is 31.2 Å². The van der Waals surface area contributed by atoms with Crippen LogP contribution in [-0.4, -0.2) is 93.4 Å². The number of methoxy groups -OCH3 is 1. The molecule has 3 amide bonds. The molecule has 4 rings (SSSR count). The Morgan fingerprint density at radius 2 is 1.68 bits per heavy atom. The smallest absolute Gasteiger partial charge is 0.416 e. The summed E-state index contributed by atoms with van der Waals surface area (Å²) in [4.78, 5) is 28.8. The first-order chi connectivity index (χ1) is 25.0. The molecule has 0 radical (unpaired) electrons. The largest absolute Gasteiger partial charge is 0.497 e. The molecule has 16 heteroatoms. The Balaban J connectivity index is 1.60. The lowest BCUT2D eigenvalue weighted by atomic mass is 10.0. The molecule has 0 aliphatic carbocycles. The molecule has 0 saturated heterocycles. The fourth-order valence-corrected chi connectivity index (χ4v) is 6.96. The highest BCUT2D eigenvalue weighted by atomic mass is 32.2. The predicted molar refractivity (Wildman–Crippen MR) is 194 cm³/mol. The Morgan fingerprint density at radius 3 is 2.30 bits per heavy atom. The molecule has 53 heavy (non-hydrogen) atoms. The summed E-state index contributed by atoms with van der Waals surface area (Å²) in [5.74, 6) is -0.150. The minimum Gasteiger partial charge on any atom is -0.497 e. The zero-order chi connectivity index (χ0) is 38.9. The first kappa shape index (κ1) is 41.4. The average Bonchev–Trinajstić information content (AvgIpc) is 3.12. The zero-order valence-electron chi connectivity index (χ0n) is 30.4. The molecule has 0 spiro atoms. The van der Waals surface area contributed by atoms with Gasteiger partial charge >= 0.3 is 12.2 Å². The molecule has 0 fully saturated rings. The number of hydrogen-bond donors (Lipinski definition) is 3. The summed E-state index contributed by atoms with van der Waals surface area (Å²) in [5.41, 5.74) is -0.430. The lowest BCUT2D eigenvalue weighted by Gasteiger charge is -2.35. The second kappa shape index (κ2) is 18.1. The molecule has 0 unspecified atom stereocenters. The van der Waals surface area contributed by atoms with Gasteiger partial charge in [0.1, 0.15) is 11.5 Å². The summed E-state index contributed by atoms with van der Waals surface area (Å²) < 4.78 is 84.8. The van der Waals surface area contributed by atoms with Gasteiger partial charge in [0.15, 0.2) is 0 Å². The van der Waals surface area contributed by atoms with E-state index in [0.717, 1.165) is 30.7 Å². The van der Waals surface area contributed by atoms with Gasteiger partial charge in [-0.1, -0.05) is 6.92 Å². The number of aliphatic hydroxyl groups is 1. The number of fused-ring (bicyclic) bond motifs is 1. The van der Waals surface area contributed by atoms with E-state index in [4.69, 9.17) is 14.2 Å². The normalized spacial score (nSPS) is 19.8. The maximum Gasteiger partial charge on any atom is 0.416 e. The number of halogens is 3. The molecule has 4 atom stereocenters. The maximum atomic E-state index is 14.4. The second-order valence-electron chi connectivity index (χ2n) is 13.1. The summed E-state index contributed by atoms with van der Waals surface area (Å²) in [5, 5.41) is 15.3. The van der Waals surface area contributed by atoms with Gasteiger partial charge in [0.05, 0.1) is 48.0 Å². The van der Waals surface area contributed by atoms with Gasteiger partial charge < -0.3 is 34.9 Å². The minimum atomic E-state index is -4.52. The number of nitrogens with zero attached hydrogens (tertiary/aromatic N) is 2. The van der Waals surface area contributed by atoms with Crippen molar-refractivity contribution in [1.82, 2.24) is 9.21 Å². The van der Waals surface area contributed by atoms with E-state index in [-0.39, 0.29) is 53.4 Å². The predicted octanol–water partition coefficient (Wildman–Crippen LogP) is 6.47. The molecule has 0 aromatic heterocycles. The number of benzene rings is 3. The summed E-state index contributed by atoms with van der Waals surface area (Å²) >= 11 is 0. The lowest BCUT2D eigenvalue weighted by molar-refractivity contribution is -0.137. The standard InChI is InChI=1S/C37H47F3N4O8S/c1-24-21-44(25(2)23-45)35(46)32-20-29(42-36(47)41-28-11-9-27(10-12-28)37(38,39)40)13-18-33(32)52-26(3)8-6-7-19-51-34(24)22-43(4)53(48,49)31-16-14-30(50-5)15-17-31/h9-18,20,24-26,34,45H,6-8,19,21-23H2,1-5H3,(H2,41,42,47)/t24-,25+,26-,34+/m1/s1. The van der Waals surface area contributed by atoms with E-state index < -0.39 is 51.8 Å². The van der Waals surface area contributed by atoms with Gasteiger partial charge in [-0.3, -0.25) is 4.79 Å². The molecule has 0 bridgehead atoms. The fourth-order valence-electron chi connectivity index (χ4n) is 5.78. The molecule has 1 aliphatic heterocycles. The molecule has 3 N–H and O–H groups in total. The molecule has 3 aromatic carbocycles. The number of hydrogen-bond acceptors (Lipinski definition) is 8. The first-order valence-electron chi connectivity index (χ1n) is 17.2. The van der Waals surface area contributed by atoms with Gasteiger partial charge in [-0.25, -0.2) is 13.2 Å². The number of likely N-dealkylation sites (N-methyl/N-ethyl adjacent to an activating group) is 1. The van der Waals surface area contributed by atoms with E-state index in [2.05, 4.69) is 10.6 Å². The van der Waals surface area contributed by atoms with Gasteiger partial charge in [-0.2, -0.15) is 17.5 Å². The Morgan fingerprint density at radius 1 is 1.04 bits per heavy atom. The molecule has 290 valence electrons. The Hall–Kier alpha value is -4.38. The number of nitrogens with one attached hydrogen (secondary N) is 2. The number of carbonyl (C=O) groups excluding carboxylic acids is 2. The number of urea groups is 1. The van der Waals surface area contributed by atoms with Crippen LogP contribution >= 0.6 is 0 Å². The third-order valence-electron chi connectivity index (χ3n) is 8.98. The molecular formula is C37H47F3N4O8S. The van der Waals surface area contributed by atoms with Crippen molar-refractivity contribution < 1.29 is 50.5 Å². The van der Waals surface area contributed by atoms with Crippen molar-refractivity contribution in [1.29, 1.82) is 0 Å². The summed E-state index contributed by atoms with van der Waals surface area (Å²) in [6.07, 6.45) is -3.45. The minimum absolute atomic E-state index is 0.0106. The van der Waals surface area contributed by atoms with Gasteiger partial charge in [-0.05, 0) is 99.8 Å². The van der Waals surface area contributed by atoms with Crippen molar-refractivity contribution in [2.75, 3.05) is 51.1 Å². The molecule has 0 saturated carbocycles. The van der Waals surface area contributed by atoms with Crippen molar-refractivity contribution in [3.8, 4) is 11.5 Å². The van der Waals surface area contributed by atoms with Gasteiger partial charge in [0.25, 0.3) is 5.91 Å². The lowest BCUT2D eigenvalue weighted by Crippen LogP contribution is -2.48. The number of rotatable bonds is 9. The van der Waals surface area contributed by atoms with Crippen LogP contribution in [-0.2, 0) is 20.9 Å². The van der Waals surface area contributed by atoms with Crippen LogP contribution in [0.15, 0.2) is 71.6 Å². The Kier molecular flexibility index (Phi) is 14.1. The van der Waals surface area contributed by atoms with Crippen LogP contribution in [0, 0.1) is 5.92 Å².